The third-order valence-electron chi connectivity index (χ3n) is 5.76. The van der Waals surface area contributed by atoms with Gasteiger partial charge in [0, 0.05) is 29.5 Å². The highest BCUT2D eigenvalue weighted by molar-refractivity contribution is 5.89. The van der Waals surface area contributed by atoms with Crippen molar-refractivity contribution in [3.63, 3.8) is 0 Å². The molecule has 0 fully saturated rings. The molecule has 44 heavy (non-hydrogen) atoms. The molecule has 2 atom stereocenters. The Morgan fingerprint density at radius 1 is 0.818 bits per heavy atom. The summed E-state index contributed by atoms with van der Waals surface area (Å²) in [5.41, 5.74) is 1.36. The van der Waals surface area contributed by atoms with E-state index >= 15 is 0 Å². The van der Waals surface area contributed by atoms with Crippen molar-refractivity contribution in [1.82, 2.24) is 0 Å². The smallest absolute Gasteiger partial charge is 0.328 e. The van der Waals surface area contributed by atoms with Crippen molar-refractivity contribution in [2.75, 3.05) is 19.7 Å². The van der Waals surface area contributed by atoms with Gasteiger partial charge in [0.05, 0.1) is 24.5 Å². The first kappa shape index (κ1) is 37.0. The van der Waals surface area contributed by atoms with Gasteiger partial charge in [-0.05, 0) is 30.5 Å². The van der Waals surface area contributed by atoms with Gasteiger partial charge in [-0.25, -0.2) is 9.59 Å². The van der Waals surface area contributed by atoms with Crippen LogP contribution in [-0.2, 0) is 25.7 Å². The standard InChI is InChI=1S/C24H30N2O2.2C4H4O4/c1-19(14-15-25-16-20-8-3-2-4-9-20)26-17-22(27)18-28-24-13-7-11-21-10-5-6-12-23(21)24;2*5-3(6)1-2-4(7)8/h2-13,19,22,25-27H,14-18H2,1H3;2*1-2H,(H,5,6)(H,7,8)/b;2*2-1-. The number of rotatable bonds is 15. The lowest BCUT2D eigenvalue weighted by molar-refractivity contribution is -0.710. The predicted octanol–water partition coefficient (Wildman–Crippen LogP) is -1.56. The first-order valence-electron chi connectivity index (χ1n) is 13.7. The summed E-state index contributed by atoms with van der Waals surface area (Å²) in [5.74, 6) is -4.77. The van der Waals surface area contributed by atoms with Crippen LogP contribution in [0.25, 0.3) is 10.8 Å². The summed E-state index contributed by atoms with van der Waals surface area (Å²) in [4.78, 5) is 37.9. The number of carboxylic acid groups (broad SMARTS) is 4. The molecule has 0 bridgehead atoms. The number of nitrogens with two attached hydrogens (primary N) is 2. The third kappa shape index (κ3) is 18.4. The number of hydrogen-bond donors (Lipinski definition) is 5. The zero-order valence-corrected chi connectivity index (χ0v) is 24.3. The maximum absolute atomic E-state index is 10.3. The molecule has 0 aromatic heterocycles. The number of quaternary nitrogens is 2. The third-order valence-corrected chi connectivity index (χ3v) is 5.76. The van der Waals surface area contributed by atoms with Crippen molar-refractivity contribution >= 4 is 34.6 Å². The Kier molecular flexibility index (Phi) is 18.2. The molecule has 3 rings (SSSR count). The van der Waals surface area contributed by atoms with E-state index in [9.17, 15) is 34.5 Å². The van der Waals surface area contributed by atoms with Gasteiger partial charge in [0.2, 0.25) is 0 Å². The van der Waals surface area contributed by atoms with Crippen molar-refractivity contribution in [1.29, 1.82) is 0 Å². The fourth-order valence-corrected chi connectivity index (χ4v) is 3.63. The second kappa shape index (κ2) is 21.6. The van der Waals surface area contributed by atoms with Crippen molar-refractivity contribution < 1.29 is 60.1 Å². The number of ether oxygens (including phenoxy) is 1. The van der Waals surface area contributed by atoms with Crippen LogP contribution in [0.2, 0.25) is 0 Å². The van der Waals surface area contributed by atoms with E-state index in [0.717, 1.165) is 36.0 Å². The molecule has 0 spiro atoms. The first-order valence-corrected chi connectivity index (χ1v) is 13.7. The quantitative estimate of drug-likeness (QED) is 0.0984. The van der Waals surface area contributed by atoms with Crippen LogP contribution >= 0.6 is 0 Å². The number of aliphatic hydroxyl groups is 1. The Bertz CT molecular complexity index is 1300. The highest BCUT2D eigenvalue weighted by Gasteiger charge is 2.13. The fraction of sp³-hybridized carbons (Fsp3) is 0.250. The molecule has 0 aliphatic rings. The first-order chi connectivity index (χ1) is 21.0. The van der Waals surface area contributed by atoms with Gasteiger partial charge < -0.3 is 50.5 Å². The van der Waals surface area contributed by atoms with Gasteiger partial charge in [-0.1, -0.05) is 66.7 Å². The van der Waals surface area contributed by atoms with Crippen LogP contribution in [0.5, 0.6) is 5.75 Å². The lowest BCUT2D eigenvalue weighted by Gasteiger charge is -2.15. The highest BCUT2D eigenvalue weighted by Crippen LogP contribution is 2.25. The normalized spacial score (nSPS) is 12.0. The van der Waals surface area contributed by atoms with Crippen molar-refractivity contribution in [2.45, 2.75) is 32.0 Å². The Morgan fingerprint density at radius 3 is 1.95 bits per heavy atom. The molecule has 236 valence electrons. The van der Waals surface area contributed by atoms with Gasteiger partial charge in [-0.2, -0.15) is 0 Å². The van der Waals surface area contributed by atoms with Crippen molar-refractivity contribution in [3.8, 4) is 5.75 Å². The van der Waals surface area contributed by atoms with E-state index in [0.29, 0.717) is 43.5 Å². The second-order valence-corrected chi connectivity index (χ2v) is 9.43. The van der Waals surface area contributed by atoms with Gasteiger partial charge in [0.15, 0.2) is 0 Å². The average Bonchev–Trinajstić information content (AvgIpc) is 3.00. The minimum absolute atomic E-state index is 0.317. The lowest BCUT2D eigenvalue weighted by atomic mass is 10.1. The summed E-state index contributed by atoms with van der Waals surface area (Å²) in [6, 6.07) is 25.2. The molecule has 0 saturated carbocycles. The van der Waals surface area contributed by atoms with Gasteiger partial charge in [-0.15, -0.1) is 0 Å². The van der Waals surface area contributed by atoms with Crippen LogP contribution in [0, 0.1) is 0 Å². The molecule has 0 heterocycles. The van der Waals surface area contributed by atoms with Crippen LogP contribution in [0.3, 0.4) is 0 Å². The van der Waals surface area contributed by atoms with Crippen LogP contribution in [0.15, 0.2) is 97.1 Å². The number of aliphatic hydroxyl groups excluding tert-OH is 1. The van der Waals surface area contributed by atoms with Crippen LogP contribution in [0.4, 0.5) is 0 Å². The molecule has 3 aromatic rings. The van der Waals surface area contributed by atoms with E-state index in [-0.39, 0.29) is 0 Å². The zero-order valence-electron chi connectivity index (χ0n) is 24.3. The molecule has 2 unspecified atom stereocenters. The van der Waals surface area contributed by atoms with Gasteiger partial charge in [0.25, 0.3) is 0 Å². The molecule has 0 saturated heterocycles. The minimum Gasteiger partial charge on any atom is -0.545 e. The number of aliphatic carboxylic acids is 4. The van der Waals surface area contributed by atoms with E-state index in [4.69, 9.17) is 14.9 Å². The van der Waals surface area contributed by atoms with Crippen molar-refractivity contribution in [2.24, 2.45) is 0 Å². The van der Waals surface area contributed by atoms with Crippen LogP contribution < -0.4 is 25.6 Å². The molecule has 12 heteroatoms. The Morgan fingerprint density at radius 2 is 1.39 bits per heavy atom. The highest BCUT2D eigenvalue weighted by atomic mass is 16.5. The predicted molar refractivity (Wildman–Crippen MR) is 157 cm³/mol. The summed E-state index contributed by atoms with van der Waals surface area (Å²) in [7, 11) is 0. The maximum atomic E-state index is 10.3. The van der Waals surface area contributed by atoms with Crippen LogP contribution in [-0.4, -0.2) is 71.0 Å². The minimum atomic E-state index is -1.51. The monoisotopic (exact) mass is 610 g/mol. The van der Waals surface area contributed by atoms with E-state index in [1.807, 2.05) is 24.3 Å². The van der Waals surface area contributed by atoms with E-state index in [1.54, 1.807) is 0 Å². The lowest BCUT2D eigenvalue weighted by Crippen LogP contribution is -2.93. The van der Waals surface area contributed by atoms with Gasteiger partial charge >= 0.3 is 11.9 Å². The number of carbonyl (C=O) groups excluding carboxylic acids is 2. The topological polar surface area (TPSA) is 218 Å². The molecule has 7 N–H and O–H groups in total. The number of fused-ring (bicyclic) bond motifs is 1. The summed E-state index contributed by atoms with van der Waals surface area (Å²) < 4.78 is 5.88. The summed E-state index contributed by atoms with van der Waals surface area (Å²) in [6.45, 7) is 5.31. The molecule has 12 nitrogen and oxygen atoms in total. The Balaban J connectivity index is 0.000000498. The molecular formula is C32H38N2O10. The largest absolute Gasteiger partial charge is 0.545 e. The number of hydrogen-bond acceptors (Lipinski definition) is 8. The second-order valence-electron chi connectivity index (χ2n) is 9.43. The summed E-state index contributed by atoms with van der Waals surface area (Å²) in [6.07, 6.45) is 2.52. The fourth-order valence-electron chi connectivity index (χ4n) is 3.63. The summed E-state index contributed by atoms with van der Waals surface area (Å²) >= 11 is 0. The van der Waals surface area contributed by atoms with Crippen LogP contribution in [0.1, 0.15) is 18.9 Å². The molecule has 3 aromatic carbocycles. The number of benzene rings is 3. The van der Waals surface area contributed by atoms with Gasteiger partial charge in [-0.3, -0.25) is 0 Å². The maximum Gasteiger partial charge on any atom is 0.328 e. The molecule has 0 amide bonds. The SMILES string of the molecule is CC(CC[NH2+]Cc1ccccc1)[NH2+]CC(O)COc1cccc2ccccc12.O=C([O-])/C=C\C(=O)O.O=C([O-])/C=C\C(=O)O. The van der Waals surface area contributed by atoms with Gasteiger partial charge in [0.1, 0.15) is 31.5 Å². The molecular weight excluding hydrogens is 572 g/mol. The molecule has 0 radical (unpaired) electrons. The summed E-state index contributed by atoms with van der Waals surface area (Å²) in [5, 5.41) is 51.5. The molecule has 0 aliphatic carbocycles. The Hall–Kier alpha value is -5.04. The van der Waals surface area contributed by atoms with E-state index < -0.39 is 30.0 Å². The van der Waals surface area contributed by atoms with E-state index in [1.165, 1.54) is 5.56 Å². The number of carboxylic acids is 4. The zero-order chi connectivity index (χ0) is 32.7. The number of carbonyl (C=O) groups is 4. The molecule has 0 aliphatic heterocycles. The van der Waals surface area contributed by atoms with Crippen molar-refractivity contribution in [3.05, 3.63) is 103 Å². The van der Waals surface area contributed by atoms with E-state index in [2.05, 4.69) is 66.1 Å². The Labute approximate surface area is 254 Å². The average molecular weight is 611 g/mol.